The van der Waals surface area contributed by atoms with Gasteiger partial charge in [0.1, 0.15) is 0 Å². The zero-order chi connectivity index (χ0) is 12.1. The number of rotatable bonds is 0. The first kappa shape index (κ1) is 11.4. The quantitative estimate of drug-likeness (QED) is 0.640. The summed E-state index contributed by atoms with van der Waals surface area (Å²) in [6.45, 7) is 7.68. The van der Waals surface area contributed by atoms with Crippen LogP contribution in [0.1, 0.15) is 40.5 Å². The fraction of sp³-hybridized carbons (Fsp3) is 0.833. The van der Waals surface area contributed by atoms with Crippen molar-refractivity contribution in [3.8, 4) is 0 Å². The van der Waals surface area contributed by atoms with Gasteiger partial charge in [-0.05, 0) is 12.8 Å². The molecule has 2 heterocycles. The number of piperidine rings is 2. The standard InChI is InChI=1S/C12H20N2O2/c1-11(2)5-7-8(13-9(11)15)6-12(3,4)10(16)14-7/h7-8H,5-6H2,1-4H3,(H,13,15)(H,14,16)/t7-,8-/m1/s1. The average Bonchev–Trinajstić information content (AvgIpc) is 2.10. The number of carbonyl (C=O) groups is 2. The Balaban J connectivity index is 2.19. The Labute approximate surface area is 96.2 Å². The zero-order valence-corrected chi connectivity index (χ0v) is 10.4. The van der Waals surface area contributed by atoms with Crippen molar-refractivity contribution in [2.24, 2.45) is 10.8 Å². The summed E-state index contributed by atoms with van der Waals surface area (Å²) in [6, 6.07) is 0.182. The summed E-state index contributed by atoms with van der Waals surface area (Å²) >= 11 is 0. The van der Waals surface area contributed by atoms with Gasteiger partial charge in [0.25, 0.3) is 0 Å². The van der Waals surface area contributed by atoms with Crippen molar-refractivity contribution >= 4 is 11.8 Å². The highest BCUT2D eigenvalue weighted by Gasteiger charge is 2.48. The summed E-state index contributed by atoms with van der Waals surface area (Å²) in [5, 5.41) is 6.06. The van der Waals surface area contributed by atoms with Gasteiger partial charge >= 0.3 is 0 Å². The molecule has 2 atom stereocenters. The molecule has 0 aromatic carbocycles. The fourth-order valence-electron chi connectivity index (χ4n) is 2.60. The molecular weight excluding hydrogens is 204 g/mol. The minimum Gasteiger partial charge on any atom is -0.351 e. The number of hydrogen-bond acceptors (Lipinski definition) is 2. The SMILES string of the molecule is CC1(C)C[C@H]2NC(=O)C(C)(C)C[C@H]2NC1=O. The minimum absolute atomic E-state index is 0.0909. The number of amides is 2. The van der Waals surface area contributed by atoms with E-state index >= 15 is 0 Å². The van der Waals surface area contributed by atoms with Crippen LogP contribution in [0.3, 0.4) is 0 Å². The Hall–Kier alpha value is -1.06. The second-order valence-corrected chi connectivity index (χ2v) is 6.34. The van der Waals surface area contributed by atoms with Crippen molar-refractivity contribution in [2.75, 3.05) is 0 Å². The summed E-state index contributed by atoms with van der Waals surface area (Å²) in [5.74, 6) is 0.196. The predicted octanol–water partition coefficient (Wildman–Crippen LogP) is 0.816. The van der Waals surface area contributed by atoms with Crippen LogP contribution in [-0.4, -0.2) is 23.9 Å². The van der Waals surface area contributed by atoms with Gasteiger partial charge in [-0.3, -0.25) is 9.59 Å². The molecule has 0 radical (unpaired) electrons. The van der Waals surface area contributed by atoms with Crippen LogP contribution < -0.4 is 10.6 Å². The molecule has 2 aliphatic rings. The number of carbonyl (C=O) groups excluding carboxylic acids is 2. The molecule has 2 rings (SSSR count). The normalized spacial score (nSPS) is 36.0. The number of fused-ring (bicyclic) bond motifs is 1. The zero-order valence-electron chi connectivity index (χ0n) is 10.4. The molecule has 4 heteroatoms. The first-order chi connectivity index (χ1) is 7.22. The molecule has 16 heavy (non-hydrogen) atoms. The highest BCUT2D eigenvalue weighted by molar-refractivity contribution is 5.86. The third kappa shape index (κ3) is 1.70. The lowest BCUT2D eigenvalue weighted by atomic mass is 9.71. The Morgan fingerprint density at radius 1 is 0.875 bits per heavy atom. The molecule has 90 valence electrons. The van der Waals surface area contributed by atoms with Crippen LogP contribution in [0, 0.1) is 10.8 Å². The predicted molar refractivity (Wildman–Crippen MR) is 60.7 cm³/mol. The van der Waals surface area contributed by atoms with Crippen LogP contribution in [0.5, 0.6) is 0 Å². The van der Waals surface area contributed by atoms with E-state index in [4.69, 9.17) is 0 Å². The van der Waals surface area contributed by atoms with Gasteiger partial charge in [0.05, 0.1) is 12.1 Å². The number of nitrogens with one attached hydrogen (secondary N) is 2. The maximum atomic E-state index is 11.8. The van der Waals surface area contributed by atoms with Crippen molar-refractivity contribution in [2.45, 2.75) is 52.6 Å². The van der Waals surface area contributed by atoms with Crippen molar-refractivity contribution < 1.29 is 9.59 Å². The highest BCUT2D eigenvalue weighted by atomic mass is 16.2. The van der Waals surface area contributed by atoms with Gasteiger partial charge in [0.15, 0.2) is 0 Å². The van der Waals surface area contributed by atoms with Gasteiger partial charge in [-0.25, -0.2) is 0 Å². The van der Waals surface area contributed by atoms with Crippen molar-refractivity contribution in [3.05, 3.63) is 0 Å². The monoisotopic (exact) mass is 224 g/mol. The lowest BCUT2D eigenvalue weighted by Crippen LogP contribution is -2.66. The molecule has 4 nitrogen and oxygen atoms in total. The van der Waals surface area contributed by atoms with Crippen LogP contribution in [0.15, 0.2) is 0 Å². The molecule has 2 fully saturated rings. The van der Waals surface area contributed by atoms with E-state index in [9.17, 15) is 9.59 Å². The second-order valence-electron chi connectivity index (χ2n) is 6.34. The van der Waals surface area contributed by atoms with Gasteiger partial charge in [-0.2, -0.15) is 0 Å². The Morgan fingerprint density at radius 3 is 1.50 bits per heavy atom. The molecule has 0 spiro atoms. The van der Waals surface area contributed by atoms with Gasteiger partial charge in [-0.1, -0.05) is 27.7 Å². The van der Waals surface area contributed by atoms with E-state index in [0.29, 0.717) is 0 Å². The van der Waals surface area contributed by atoms with Crippen LogP contribution in [0.4, 0.5) is 0 Å². The molecule has 0 bridgehead atoms. The molecule has 0 saturated carbocycles. The molecule has 0 aromatic rings. The molecule has 0 aromatic heterocycles. The molecule has 0 unspecified atom stereocenters. The summed E-state index contributed by atoms with van der Waals surface area (Å²) in [7, 11) is 0. The molecule has 2 aliphatic heterocycles. The van der Waals surface area contributed by atoms with Gasteiger partial charge < -0.3 is 10.6 Å². The molecule has 2 amide bonds. The summed E-state index contributed by atoms with van der Waals surface area (Å²) < 4.78 is 0. The van der Waals surface area contributed by atoms with Crippen LogP contribution in [0.25, 0.3) is 0 Å². The Kier molecular flexibility index (Phi) is 2.30. The van der Waals surface area contributed by atoms with E-state index in [1.54, 1.807) is 0 Å². The first-order valence-corrected chi connectivity index (χ1v) is 5.84. The molecule has 2 saturated heterocycles. The van der Waals surface area contributed by atoms with Gasteiger partial charge in [0, 0.05) is 10.8 Å². The van der Waals surface area contributed by atoms with E-state index < -0.39 is 0 Å². The maximum Gasteiger partial charge on any atom is 0.226 e. The first-order valence-electron chi connectivity index (χ1n) is 5.84. The van der Waals surface area contributed by atoms with Crippen molar-refractivity contribution in [1.82, 2.24) is 10.6 Å². The second kappa shape index (κ2) is 3.22. The summed E-state index contributed by atoms with van der Waals surface area (Å²) in [4.78, 5) is 23.7. The largest absolute Gasteiger partial charge is 0.351 e. The maximum absolute atomic E-state index is 11.8. The summed E-state index contributed by atoms with van der Waals surface area (Å²) in [5.41, 5.74) is -0.758. The van der Waals surface area contributed by atoms with Crippen molar-refractivity contribution in [3.63, 3.8) is 0 Å². The average molecular weight is 224 g/mol. The molecular formula is C12H20N2O2. The molecule has 0 aliphatic carbocycles. The van der Waals surface area contributed by atoms with E-state index in [2.05, 4.69) is 10.6 Å². The lowest BCUT2D eigenvalue weighted by Gasteiger charge is -2.47. The van der Waals surface area contributed by atoms with Crippen LogP contribution >= 0.6 is 0 Å². The third-order valence-electron chi connectivity index (χ3n) is 3.81. The van der Waals surface area contributed by atoms with E-state index in [1.165, 1.54) is 0 Å². The Morgan fingerprint density at radius 2 is 1.19 bits per heavy atom. The minimum atomic E-state index is -0.379. The van der Waals surface area contributed by atoms with E-state index in [1.807, 2.05) is 27.7 Å². The Bertz CT molecular complexity index is 313. The van der Waals surface area contributed by atoms with E-state index in [-0.39, 0.29) is 34.7 Å². The summed E-state index contributed by atoms with van der Waals surface area (Å²) in [6.07, 6.45) is 1.46. The van der Waals surface area contributed by atoms with Crippen LogP contribution in [-0.2, 0) is 9.59 Å². The molecule has 2 N–H and O–H groups in total. The lowest BCUT2D eigenvalue weighted by molar-refractivity contribution is -0.142. The van der Waals surface area contributed by atoms with Crippen molar-refractivity contribution in [1.29, 1.82) is 0 Å². The number of hydrogen-bond donors (Lipinski definition) is 2. The smallest absolute Gasteiger partial charge is 0.226 e. The third-order valence-corrected chi connectivity index (χ3v) is 3.81. The highest BCUT2D eigenvalue weighted by Crippen LogP contribution is 2.36. The fourth-order valence-corrected chi connectivity index (χ4v) is 2.60. The van der Waals surface area contributed by atoms with E-state index in [0.717, 1.165) is 12.8 Å². The topological polar surface area (TPSA) is 58.2 Å². The van der Waals surface area contributed by atoms with Crippen LogP contribution in [0.2, 0.25) is 0 Å². The van der Waals surface area contributed by atoms with Gasteiger partial charge in [0.2, 0.25) is 11.8 Å². The van der Waals surface area contributed by atoms with Gasteiger partial charge in [-0.15, -0.1) is 0 Å².